The van der Waals surface area contributed by atoms with Crippen LogP contribution in [-0.2, 0) is 19.1 Å². The van der Waals surface area contributed by atoms with Crippen molar-refractivity contribution in [2.75, 3.05) is 13.2 Å². The number of carbonyl (C=O) groups excluding carboxylic acids is 2. The minimum Gasteiger partial charge on any atom is -0.462 e. The first-order valence-corrected chi connectivity index (χ1v) is 18.5. The van der Waals surface area contributed by atoms with Gasteiger partial charge in [0.25, 0.3) is 0 Å². The number of hydrogen-bond acceptors (Lipinski definition) is 6. The zero-order valence-corrected chi connectivity index (χ0v) is 28.8. The summed E-state index contributed by atoms with van der Waals surface area (Å²) in [6.07, 6.45) is 34.7. The molecule has 0 saturated carbocycles. The van der Waals surface area contributed by atoms with Crippen LogP contribution >= 0.6 is 0 Å². The van der Waals surface area contributed by atoms with Gasteiger partial charge in [-0.25, -0.2) is 0 Å². The molecule has 0 fully saturated rings. The molecule has 258 valence electrons. The minimum atomic E-state index is -0.670. The molecule has 0 radical (unpaired) electrons. The van der Waals surface area contributed by atoms with Gasteiger partial charge in [-0.2, -0.15) is 0 Å². The molecule has 0 amide bonds. The van der Waals surface area contributed by atoms with Crippen LogP contribution in [0.5, 0.6) is 0 Å². The summed E-state index contributed by atoms with van der Waals surface area (Å²) < 4.78 is 10.4. The Hall–Kier alpha value is -1.66. The Balaban J connectivity index is 3.44. The summed E-state index contributed by atoms with van der Waals surface area (Å²) in [5, 5.41) is 19.9. The van der Waals surface area contributed by atoms with E-state index in [1.54, 1.807) is 0 Å². The third-order valence-corrected chi connectivity index (χ3v) is 8.10. The maximum atomic E-state index is 11.9. The first-order chi connectivity index (χ1) is 21.5. The molecule has 0 aromatic carbocycles. The van der Waals surface area contributed by atoms with Gasteiger partial charge < -0.3 is 19.7 Å². The lowest BCUT2D eigenvalue weighted by atomic mass is 10.0. The predicted octanol–water partition coefficient (Wildman–Crippen LogP) is 10.1. The highest BCUT2D eigenvalue weighted by Crippen LogP contribution is 2.13. The molecule has 0 aromatic heterocycles. The van der Waals surface area contributed by atoms with Crippen LogP contribution in [-0.4, -0.2) is 47.6 Å². The second-order valence-electron chi connectivity index (χ2n) is 12.4. The van der Waals surface area contributed by atoms with E-state index in [1.165, 1.54) is 57.8 Å². The quantitative estimate of drug-likeness (QED) is 0.0430. The molecule has 0 rings (SSSR count). The van der Waals surface area contributed by atoms with Crippen molar-refractivity contribution in [3.05, 3.63) is 24.3 Å². The van der Waals surface area contributed by atoms with Gasteiger partial charge in [0.05, 0.1) is 12.2 Å². The highest BCUT2D eigenvalue weighted by atomic mass is 16.6. The van der Waals surface area contributed by atoms with Crippen molar-refractivity contribution in [3.8, 4) is 0 Å². The van der Waals surface area contributed by atoms with Gasteiger partial charge in [-0.3, -0.25) is 9.59 Å². The van der Waals surface area contributed by atoms with E-state index in [0.29, 0.717) is 25.7 Å². The summed E-state index contributed by atoms with van der Waals surface area (Å²) in [5.41, 5.74) is 0. The van der Waals surface area contributed by atoms with Crippen LogP contribution in [0.1, 0.15) is 181 Å². The SMILES string of the molecule is CCCCCCCC/C=C/CCCCCCCC(=O)OCCOC(=O)CCCCCCC/C=C/CC(O)C(O)CCCCC. The van der Waals surface area contributed by atoms with E-state index >= 15 is 0 Å². The maximum absolute atomic E-state index is 11.9. The Morgan fingerprint density at radius 1 is 0.500 bits per heavy atom. The van der Waals surface area contributed by atoms with Gasteiger partial charge in [0, 0.05) is 12.8 Å². The number of carbonyl (C=O) groups is 2. The van der Waals surface area contributed by atoms with Crippen molar-refractivity contribution in [3.63, 3.8) is 0 Å². The van der Waals surface area contributed by atoms with Crippen LogP contribution in [0.4, 0.5) is 0 Å². The van der Waals surface area contributed by atoms with Crippen molar-refractivity contribution < 1.29 is 29.3 Å². The number of aliphatic hydroxyl groups is 2. The second kappa shape index (κ2) is 34.2. The van der Waals surface area contributed by atoms with Crippen molar-refractivity contribution in [1.29, 1.82) is 0 Å². The van der Waals surface area contributed by atoms with Crippen molar-refractivity contribution in [2.24, 2.45) is 0 Å². The molecule has 2 atom stereocenters. The van der Waals surface area contributed by atoms with Crippen LogP contribution in [0.2, 0.25) is 0 Å². The van der Waals surface area contributed by atoms with Gasteiger partial charge in [0.15, 0.2) is 0 Å². The fraction of sp³-hybridized carbons (Fsp3) is 0.842. The molecular formula is C38H70O6. The molecule has 0 bridgehead atoms. The highest BCUT2D eigenvalue weighted by molar-refractivity contribution is 5.70. The Morgan fingerprint density at radius 2 is 0.886 bits per heavy atom. The number of hydrogen-bond donors (Lipinski definition) is 2. The van der Waals surface area contributed by atoms with Crippen LogP contribution in [0.3, 0.4) is 0 Å². The van der Waals surface area contributed by atoms with Gasteiger partial charge in [-0.05, 0) is 64.2 Å². The number of allylic oxidation sites excluding steroid dienone is 3. The Morgan fingerprint density at radius 3 is 1.36 bits per heavy atom. The lowest BCUT2D eigenvalue weighted by molar-refractivity contribution is -0.152. The van der Waals surface area contributed by atoms with Crippen LogP contribution in [0.15, 0.2) is 24.3 Å². The molecule has 44 heavy (non-hydrogen) atoms. The first-order valence-electron chi connectivity index (χ1n) is 18.5. The Kier molecular flexibility index (Phi) is 32.9. The third kappa shape index (κ3) is 31.8. The molecule has 2 N–H and O–H groups in total. The van der Waals surface area contributed by atoms with Gasteiger partial charge in [-0.1, -0.05) is 128 Å². The van der Waals surface area contributed by atoms with Gasteiger partial charge in [0.1, 0.15) is 13.2 Å². The molecule has 0 aliphatic heterocycles. The number of aliphatic hydroxyl groups excluding tert-OH is 2. The summed E-state index contributed by atoms with van der Waals surface area (Å²) in [7, 11) is 0. The zero-order chi connectivity index (χ0) is 32.4. The van der Waals surface area contributed by atoms with Crippen molar-refractivity contribution >= 4 is 11.9 Å². The zero-order valence-electron chi connectivity index (χ0n) is 28.8. The summed E-state index contributed by atoms with van der Waals surface area (Å²) in [4.78, 5) is 23.8. The predicted molar refractivity (Wildman–Crippen MR) is 184 cm³/mol. The number of ether oxygens (including phenoxy) is 2. The van der Waals surface area contributed by atoms with E-state index in [1.807, 2.05) is 6.08 Å². The summed E-state index contributed by atoms with van der Waals surface area (Å²) in [5.74, 6) is -0.429. The molecule has 0 spiro atoms. The van der Waals surface area contributed by atoms with Crippen molar-refractivity contribution in [1.82, 2.24) is 0 Å². The van der Waals surface area contributed by atoms with Crippen LogP contribution < -0.4 is 0 Å². The van der Waals surface area contributed by atoms with Gasteiger partial charge in [-0.15, -0.1) is 0 Å². The largest absolute Gasteiger partial charge is 0.462 e. The fourth-order valence-corrected chi connectivity index (χ4v) is 5.16. The molecule has 0 heterocycles. The molecular weight excluding hydrogens is 552 g/mol. The average Bonchev–Trinajstić information content (AvgIpc) is 3.02. The number of unbranched alkanes of at least 4 members (excludes halogenated alkanes) is 18. The van der Waals surface area contributed by atoms with Gasteiger partial charge >= 0.3 is 11.9 Å². The molecule has 2 unspecified atom stereocenters. The number of rotatable bonds is 33. The second-order valence-corrected chi connectivity index (χ2v) is 12.4. The Bertz CT molecular complexity index is 689. The molecule has 0 aliphatic carbocycles. The topological polar surface area (TPSA) is 93.1 Å². The maximum Gasteiger partial charge on any atom is 0.305 e. The summed E-state index contributed by atoms with van der Waals surface area (Å²) in [6, 6.07) is 0. The molecule has 6 nitrogen and oxygen atoms in total. The highest BCUT2D eigenvalue weighted by Gasteiger charge is 2.13. The van der Waals surface area contributed by atoms with E-state index in [9.17, 15) is 19.8 Å². The third-order valence-electron chi connectivity index (χ3n) is 8.10. The normalized spacial score (nSPS) is 13.1. The summed E-state index contributed by atoms with van der Waals surface area (Å²) in [6.45, 7) is 4.66. The minimum absolute atomic E-state index is 0.133. The lowest BCUT2D eigenvalue weighted by Crippen LogP contribution is -2.25. The molecule has 0 saturated heterocycles. The van der Waals surface area contributed by atoms with E-state index in [2.05, 4.69) is 32.1 Å². The van der Waals surface area contributed by atoms with Crippen LogP contribution in [0.25, 0.3) is 0 Å². The molecule has 0 aliphatic rings. The van der Waals surface area contributed by atoms with E-state index in [4.69, 9.17) is 9.47 Å². The van der Waals surface area contributed by atoms with Crippen molar-refractivity contribution in [2.45, 2.75) is 193 Å². The first kappa shape index (κ1) is 42.3. The summed E-state index contributed by atoms with van der Waals surface area (Å²) >= 11 is 0. The average molecular weight is 623 g/mol. The Labute approximate surface area is 271 Å². The molecule has 0 aromatic rings. The fourth-order valence-electron chi connectivity index (χ4n) is 5.16. The molecule has 6 heteroatoms. The lowest BCUT2D eigenvalue weighted by Gasteiger charge is -2.15. The van der Waals surface area contributed by atoms with Crippen LogP contribution in [0, 0.1) is 0 Å². The van der Waals surface area contributed by atoms with E-state index < -0.39 is 12.2 Å². The van der Waals surface area contributed by atoms with E-state index in [0.717, 1.165) is 83.5 Å². The van der Waals surface area contributed by atoms with Gasteiger partial charge in [0.2, 0.25) is 0 Å². The number of esters is 2. The van der Waals surface area contributed by atoms with E-state index in [-0.39, 0.29) is 25.2 Å². The standard InChI is InChI=1S/C38H70O6/c1-3-5-7-8-9-10-11-12-13-14-15-16-20-23-27-31-37(41)43-33-34-44-38(42)32-28-24-21-18-17-19-22-26-30-36(40)35(39)29-25-6-4-2/h12-13,22,26,35-36,39-40H,3-11,14-21,23-25,27-34H2,1-2H3/b13-12+,26-22+. The monoisotopic (exact) mass is 623 g/mol. The smallest absolute Gasteiger partial charge is 0.305 e.